The first kappa shape index (κ1) is 15.1. The van der Waals surface area contributed by atoms with Crippen LogP contribution in [0.15, 0.2) is 17.1 Å². The van der Waals surface area contributed by atoms with E-state index in [9.17, 15) is 9.59 Å². The number of aromatic amines is 1. The number of piperidine rings is 1. The molecule has 1 spiro atoms. The quantitative estimate of drug-likeness (QED) is 0.797. The third kappa shape index (κ3) is 2.63. The van der Waals surface area contributed by atoms with Gasteiger partial charge in [-0.2, -0.15) is 0 Å². The van der Waals surface area contributed by atoms with Crippen molar-refractivity contribution in [3.05, 3.63) is 33.7 Å². The summed E-state index contributed by atoms with van der Waals surface area (Å²) in [6, 6.07) is 1.92. The lowest BCUT2D eigenvalue weighted by Crippen LogP contribution is -2.46. The van der Waals surface area contributed by atoms with Crippen molar-refractivity contribution in [3.63, 3.8) is 0 Å². The molecule has 2 aliphatic heterocycles. The summed E-state index contributed by atoms with van der Waals surface area (Å²) in [4.78, 5) is 28.4. The molecule has 1 amide bonds. The second-order valence-corrected chi connectivity index (χ2v) is 6.95. The van der Waals surface area contributed by atoms with Gasteiger partial charge in [-0.1, -0.05) is 0 Å². The van der Waals surface area contributed by atoms with E-state index in [2.05, 4.69) is 4.98 Å². The molecular formula is C16H22N2O4. The Hall–Kier alpha value is -1.82. The fourth-order valence-electron chi connectivity index (χ4n) is 3.16. The Morgan fingerprint density at radius 1 is 1.36 bits per heavy atom. The highest BCUT2D eigenvalue weighted by Crippen LogP contribution is 2.42. The van der Waals surface area contributed by atoms with Crippen molar-refractivity contribution in [2.24, 2.45) is 0 Å². The van der Waals surface area contributed by atoms with E-state index in [-0.39, 0.29) is 11.7 Å². The molecule has 1 fully saturated rings. The van der Waals surface area contributed by atoms with Crippen LogP contribution in [0.25, 0.3) is 0 Å². The van der Waals surface area contributed by atoms with Crippen molar-refractivity contribution in [2.75, 3.05) is 13.1 Å². The molecule has 3 rings (SSSR count). The summed E-state index contributed by atoms with van der Waals surface area (Å²) in [7, 11) is 0. The van der Waals surface area contributed by atoms with Gasteiger partial charge in [-0.15, -0.1) is 0 Å². The Morgan fingerprint density at radius 2 is 2.05 bits per heavy atom. The minimum atomic E-state index is -0.490. The fraction of sp³-hybridized carbons (Fsp3) is 0.625. The van der Waals surface area contributed by atoms with E-state index in [1.54, 1.807) is 11.1 Å². The summed E-state index contributed by atoms with van der Waals surface area (Å²) in [6.07, 6.45) is 2.75. The van der Waals surface area contributed by atoms with Gasteiger partial charge in [0.1, 0.15) is 5.60 Å². The van der Waals surface area contributed by atoms with E-state index in [0.717, 1.165) is 5.56 Å². The topological polar surface area (TPSA) is 71.6 Å². The summed E-state index contributed by atoms with van der Waals surface area (Å²) in [6.45, 7) is 7.07. The average Bonchev–Trinajstić information content (AvgIpc) is 2.78. The van der Waals surface area contributed by atoms with Crippen molar-refractivity contribution in [1.29, 1.82) is 0 Å². The van der Waals surface area contributed by atoms with Crippen LogP contribution in [0.1, 0.15) is 44.7 Å². The lowest BCUT2D eigenvalue weighted by molar-refractivity contribution is -0.0798. The third-order valence-electron chi connectivity index (χ3n) is 4.27. The number of carbonyl (C=O) groups is 1. The number of hydrogen-bond donors (Lipinski definition) is 1. The van der Waals surface area contributed by atoms with Gasteiger partial charge in [0.2, 0.25) is 0 Å². The van der Waals surface area contributed by atoms with Gasteiger partial charge < -0.3 is 19.4 Å². The molecule has 0 unspecified atom stereocenters. The Kier molecular flexibility index (Phi) is 3.51. The lowest BCUT2D eigenvalue weighted by Gasteiger charge is -2.39. The van der Waals surface area contributed by atoms with Crippen LogP contribution in [0.4, 0.5) is 4.79 Å². The zero-order valence-electron chi connectivity index (χ0n) is 13.3. The lowest BCUT2D eigenvalue weighted by atomic mass is 9.84. The van der Waals surface area contributed by atoms with Crippen LogP contribution in [0.5, 0.6) is 0 Å². The molecule has 0 radical (unpaired) electrons. The van der Waals surface area contributed by atoms with Crippen LogP contribution in [-0.2, 0) is 21.7 Å². The largest absolute Gasteiger partial charge is 0.444 e. The predicted octanol–water partition coefficient (Wildman–Crippen LogP) is 2.13. The highest BCUT2D eigenvalue weighted by molar-refractivity contribution is 5.68. The van der Waals surface area contributed by atoms with E-state index < -0.39 is 11.2 Å². The van der Waals surface area contributed by atoms with Crippen molar-refractivity contribution >= 4 is 6.09 Å². The van der Waals surface area contributed by atoms with Crippen molar-refractivity contribution in [2.45, 2.75) is 51.4 Å². The second-order valence-electron chi connectivity index (χ2n) is 6.95. The first-order valence-corrected chi connectivity index (χ1v) is 7.64. The van der Waals surface area contributed by atoms with Gasteiger partial charge >= 0.3 is 6.09 Å². The van der Waals surface area contributed by atoms with Gasteiger partial charge in [-0.05, 0) is 45.2 Å². The van der Waals surface area contributed by atoms with Crippen LogP contribution in [0, 0.1) is 0 Å². The van der Waals surface area contributed by atoms with Crippen LogP contribution >= 0.6 is 0 Å². The Labute approximate surface area is 129 Å². The van der Waals surface area contributed by atoms with Gasteiger partial charge in [-0.25, -0.2) is 4.79 Å². The van der Waals surface area contributed by atoms with Crippen molar-refractivity contribution in [3.8, 4) is 0 Å². The molecular weight excluding hydrogens is 284 g/mol. The number of nitrogens with zero attached hydrogens (tertiary/aromatic N) is 1. The van der Waals surface area contributed by atoms with Gasteiger partial charge in [0.15, 0.2) is 0 Å². The molecule has 0 bridgehead atoms. The normalized spacial score (nSPS) is 20.0. The standard InChI is InChI=1S/C16H22N2O4/c1-15(2,3)22-14(20)18-8-5-16(6-9-18)12-4-7-17-13(19)11(12)10-21-16/h4,7H,5-6,8-10H2,1-3H3,(H,17,19). The monoisotopic (exact) mass is 306 g/mol. The van der Waals surface area contributed by atoms with Crippen molar-refractivity contribution in [1.82, 2.24) is 9.88 Å². The first-order chi connectivity index (χ1) is 10.3. The summed E-state index contributed by atoms with van der Waals surface area (Å²) < 4.78 is 11.4. The Morgan fingerprint density at radius 3 is 2.68 bits per heavy atom. The summed E-state index contributed by atoms with van der Waals surface area (Å²) in [5.41, 5.74) is 0.690. The number of likely N-dealkylation sites (tertiary alicyclic amines) is 1. The zero-order valence-corrected chi connectivity index (χ0v) is 13.3. The number of carbonyl (C=O) groups excluding carboxylic acids is 1. The Balaban J connectivity index is 1.72. The summed E-state index contributed by atoms with van der Waals surface area (Å²) in [5.74, 6) is 0. The molecule has 1 N–H and O–H groups in total. The number of fused-ring (bicyclic) bond motifs is 2. The molecule has 1 aromatic rings. The molecule has 22 heavy (non-hydrogen) atoms. The molecule has 1 aromatic heterocycles. The summed E-state index contributed by atoms with van der Waals surface area (Å²) >= 11 is 0. The number of aromatic nitrogens is 1. The predicted molar refractivity (Wildman–Crippen MR) is 80.6 cm³/mol. The second kappa shape index (κ2) is 5.12. The maximum Gasteiger partial charge on any atom is 0.410 e. The number of pyridine rings is 1. The third-order valence-corrected chi connectivity index (χ3v) is 4.27. The molecule has 0 aromatic carbocycles. The number of nitrogens with one attached hydrogen (secondary N) is 1. The Bertz CT molecular complexity index is 636. The maximum absolute atomic E-state index is 12.1. The SMILES string of the molecule is CC(C)(C)OC(=O)N1CCC2(CC1)OCc1c2cc[nH]c1=O. The smallest absolute Gasteiger partial charge is 0.410 e. The molecule has 6 nitrogen and oxygen atoms in total. The highest BCUT2D eigenvalue weighted by Gasteiger charge is 2.44. The van der Waals surface area contributed by atoms with Crippen LogP contribution in [-0.4, -0.2) is 34.7 Å². The van der Waals surface area contributed by atoms with Gasteiger partial charge in [0.25, 0.3) is 5.56 Å². The maximum atomic E-state index is 12.1. The van der Waals surface area contributed by atoms with Gasteiger partial charge in [0.05, 0.1) is 12.2 Å². The molecule has 120 valence electrons. The van der Waals surface area contributed by atoms with E-state index in [0.29, 0.717) is 38.1 Å². The van der Waals surface area contributed by atoms with E-state index >= 15 is 0 Å². The molecule has 0 aliphatic carbocycles. The van der Waals surface area contributed by atoms with Gasteiger partial charge in [-0.3, -0.25) is 4.79 Å². The fourth-order valence-corrected chi connectivity index (χ4v) is 3.16. The number of hydrogen-bond acceptors (Lipinski definition) is 4. The minimum absolute atomic E-state index is 0.0797. The van der Waals surface area contributed by atoms with Crippen molar-refractivity contribution < 1.29 is 14.3 Å². The number of H-pyrrole nitrogens is 1. The molecule has 2 aliphatic rings. The first-order valence-electron chi connectivity index (χ1n) is 7.64. The molecule has 6 heteroatoms. The summed E-state index contributed by atoms with van der Waals surface area (Å²) in [5, 5.41) is 0. The molecule has 0 atom stereocenters. The van der Waals surface area contributed by atoms with Crippen LogP contribution in [0.3, 0.4) is 0 Å². The average molecular weight is 306 g/mol. The van der Waals surface area contributed by atoms with E-state index in [1.165, 1.54) is 0 Å². The molecule has 3 heterocycles. The number of rotatable bonds is 0. The van der Waals surface area contributed by atoms with E-state index in [1.807, 2.05) is 26.8 Å². The molecule has 0 saturated carbocycles. The van der Waals surface area contributed by atoms with Crippen LogP contribution in [0.2, 0.25) is 0 Å². The number of ether oxygens (including phenoxy) is 2. The van der Waals surface area contributed by atoms with Gasteiger partial charge in [0, 0.05) is 24.8 Å². The molecule has 1 saturated heterocycles. The zero-order chi connectivity index (χ0) is 16.0. The van der Waals surface area contributed by atoms with E-state index in [4.69, 9.17) is 9.47 Å². The highest BCUT2D eigenvalue weighted by atomic mass is 16.6. The number of amides is 1. The van der Waals surface area contributed by atoms with Crippen LogP contribution < -0.4 is 5.56 Å². The minimum Gasteiger partial charge on any atom is -0.444 e.